The Labute approximate surface area is 171 Å². The molecule has 0 saturated carbocycles. The van der Waals surface area contributed by atoms with Crippen molar-refractivity contribution in [2.75, 3.05) is 18.2 Å². The standard InChI is InChI=1S/C19H20N4O5S/c1-10-9-27-19-15(28-10)6-17(29(4,25)26)22-18(19)13-8-23(3)14-7-20-16(5-12(13)14)21-11(2)24/h5-8,10H,9H2,1-4H3,(H,20,21,24)/t10-/m0/s1/i3D3. The fourth-order valence-electron chi connectivity index (χ4n) is 3.10. The van der Waals surface area contributed by atoms with E-state index in [-0.39, 0.29) is 52.2 Å². The molecule has 1 amide bonds. The highest BCUT2D eigenvalue weighted by molar-refractivity contribution is 7.90. The molecule has 1 N–H and O–H groups in total. The summed E-state index contributed by atoms with van der Waals surface area (Å²) in [4.78, 5) is 19.9. The van der Waals surface area contributed by atoms with Gasteiger partial charge in [-0.2, -0.15) is 0 Å². The molecule has 0 aromatic carbocycles. The summed E-state index contributed by atoms with van der Waals surface area (Å²) in [5, 5.41) is 2.71. The number of rotatable bonds is 3. The highest BCUT2D eigenvalue weighted by Crippen LogP contribution is 2.43. The zero-order valence-corrected chi connectivity index (χ0v) is 16.7. The van der Waals surface area contributed by atoms with Crippen molar-refractivity contribution in [3.05, 3.63) is 24.5 Å². The van der Waals surface area contributed by atoms with Gasteiger partial charge in [0.1, 0.15) is 24.2 Å². The Hall–Kier alpha value is -3.14. The summed E-state index contributed by atoms with van der Waals surface area (Å²) in [7, 11) is -3.72. The molecule has 3 aromatic rings. The number of carbonyl (C=O) groups is 1. The molecule has 0 spiro atoms. The molecule has 9 nitrogen and oxygen atoms in total. The maximum atomic E-state index is 12.3. The zero-order chi connectivity index (χ0) is 23.4. The largest absolute Gasteiger partial charge is 0.484 e. The number of aromatic nitrogens is 3. The zero-order valence-electron chi connectivity index (χ0n) is 18.9. The van der Waals surface area contributed by atoms with Crippen molar-refractivity contribution in [2.24, 2.45) is 6.98 Å². The van der Waals surface area contributed by atoms with Crippen LogP contribution in [0.5, 0.6) is 11.5 Å². The summed E-state index contributed by atoms with van der Waals surface area (Å²) in [5.41, 5.74) is 0.660. The van der Waals surface area contributed by atoms with Crippen LogP contribution in [0.15, 0.2) is 29.6 Å². The molecule has 4 rings (SSSR count). The molecule has 0 saturated heterocycles. The molecular formula is C19H20N4O5S. The molecule has 0 unspecified atom stereocenters. The number of pyridine rings is 2. The molecule has 1 aliphatic heterocycles. The van der Waals surface area contributed by atoms with Crippen LogP contribution in [0.4, 0.5) is 5.82 Å². The molecule has 0 bridgehead atoms. The van der Waals surface area contributed by atoms with Gasteiger partial charge in [0.15, 0.2) is 26.4 Å². The number of anilines is 1. The van der Waals surface area contributed by atoms with Crippen molar-refractivity contribution >= 4 is 32.5 Å². The summed E-state index contributed by atoms with van der Waals surface area (Å²) in [5.74, 6) is 0.250. The number of nitrogens with zero attached hydrogens (tertiary/aromatic N) is 3. The van der Waals surface area contributed by atoms with Crippen LogP contribution < -0.4 is 14.8 Å². The Kier molecular flexibility index (Phi) is 3.65. The number of ether oxygens (including phenoxy) is 2. The number of hydrogen-bond donors (Lipinski definition) is 1. The SMILES string of the molecule is [2H]C([2H])([2H])n1cc(-c2nc(S(C)(=O)=O)cc3c2OC[C@H](C)O3)c2cc(NC(C)=O)ncc21. The first-order valence-electron chi connectivity index (χ1n) is 10.2. The van der Waals surface area contributed by atoms with E-state index in [0.29, 0.717) is 10.9 Å². The van der Waals surface area contributed by atoms with E-state index in [1.165, 1.54) is 31.5 Å². The average molecular weight is 419 g/mol. The smallest absolute Gasteiger partial charge is 0.222 e. The highest BCUT2D eigenvalue weighted by atomic mass is 32.2. The van der Waals surface area contributed by atoms with Crippen molar-refractivity contribution in [1.29, 1.82) is 0 Å². The molecule has 1 aliphatic rings. The number of nitrogens with one attached hydrogen (secondary N) is 1. The lowest BCUT2D eigenvalue weighted by molar-refractivity contribution is -0.114. The first kappa shape index (κ1) is 15.7. The first-order valence-corrected chi connectivity index (χ1v) is 10.6. The van der Waals surface area contributed by atoms with Crippen LogP contribution >= 0.6 is 0 Å². The molecule has 152 valence electrons. The van der Waals surface area contributed by atoms with Crippen LogP contribution in [0, 0.1) is 0 Å². The number of aryl methyl sites for hydroxylation is 1. The minimum absolute atomic E-state index is 0.114. The van der Waals surface area contributed by atoms with E-state index in [1.807, 2.05) is 0 Å². The molecule has 4 heterocycles. The highest BCUT2D eigenvalue weighted by Gasteiger charge is 2.28. The predicted molar refractivity (Wildman–Crippen MR) is 107 cm³/mol. The maximum absolute atomic E-state index is 12.3. The van der Waals surface area contributed by atoms with Gasteiger partial charge in [0.05, 0.1) is 11.7 Å². The van der Waals surface area contributed by atoms with Crippen LogP contribution in [0.2, 0.25) is 0 Å². The Morgan fingerprint density at radius 3 is 2.90 bits per heavy atom. The molecule has 29 heavy (non-hydrogen) atoms. The molecular weight excluding hydrogens is 396 g/mol. The number of sulfone groups is 1. The fraction of sp³-hybridized carbons (Fsp3) is 0.316. The van der Waals surface area contributed by atoms with Crippen LogP contribution in [0.3, 0.4) is 0 Å². The third-order valence-electron chi connectivity index (χ3n) is 4.34. The van der Waals surface area contributed by atoms with E-state index in [9.17, 15) is 13.2 Å². The maximum Gasteiger partial charge on any atom is 0.222 e. The van der Waals surface area contributed by atoms with E-state index in [1.54, 1.807) is 6.92 Å². The van der Waals surface area contributed by atoms with E-state index in [4.69, 9.17) is 13.6 Å². The van der Waals surface area contributed by atoms with E-state index < -0.39 is 16.8 Å². The number of hydrogen-bond acceptors (Lipinski definition) is 7. The van der Waals surface area contributed by atoms with Gasteiger partial charge in [-0.25, -0.2) is 18.4 Å². The Bertz CT molecular complexity index is 1350. The minimum atomic E-state index is -3.72. The molecule has 0 aliphatic carbocycles. The van der Waals surface area contributed by atoms with Gasteiger partial charge in [-0.3, -0.25) is 4.79 Å². The fourth-order valence-corrected chi connectivity index (χ4v) is 3.68. The summed E-state index contributed by atoms with van der Waals surface area (Å²) in [6.45, 7) is 0.750. The first-order chi connectivity index (χ1) is 14.8. The van der Waals surface area contributed by atoms with Crippen LogP contribution in [-0.4, -0.2) is 47.8 Å². The van der Waals surface area contributed by atoms with Gasteiger partial charge < -0.3 is 19.4 Å². The molecule has 0 fully saturated rings. The Morgan fingerprint density at radius 1 is 1.41 bits per heavy atom. The van der Waals surface area contributed by atoms with Gasteiger partial charge in [-0.1, -0.05) is 0 Å². The van der Waals surface area contributed by atoms with Gasteiger partial charge in [-0.15, -0.1) is 0 Å². The van der Waals surface area contributed by atoms with Crippen LogP contribution in [-0.2, 0) is 21.6 Å². The van der Waals surface area contributed by atoms with Crippen molar-refractivity contribution in [3.8, 4) is 22.8 Å². The van der Waals surface area contributed by atoms with E-state index in [2.05, 4.69) is 15.3 Å². The van der Waals surface area contributed by atoms with Crippen molar-refractivity contribution < 1.29 is 26.8 Å². The van der Waals surface area contributed by atoms with Gasteiger partial charge >= 0.3 is 0 Å². The second-order valence-corrected chi connectivity index (χ2v) is 8.79. The van der Waals surface area contributed by atoms with Crippen molar-refractivity contribution in [2.45, 2.75) is 25.0 Å². The molecule has 0 radical (unpaired) electrons. The van der Waals surface area contributed by atoms with Crippen LogP contribution in [0.1, 0.15) is 18.0 Å². The Morgan fingerprint density at radius 2 is 2.21 bits per heavy atom. The summed E-state index contributed by atoms with van der Waals surface area (Å²) in [6.07, 6.45) is 3.36. The third-order valence-corrected chi connectivity index (χ3v) is 5.30. The number of fused-ring (bicyclic) bond motifs is 2. The lowest BCUT2D eigenvalue weighted by atomic mass is 10.1. The second kappa shape index (κ2) is 6.73. The topological polar surface area (TPSA) is 112 Å². The minimum Gasteiger partial charge on any atom is -0.484 e. The monoisotopic (exact) mass is 419 g/mol. The van der Waals surface area contributed by atoms with Crippen LogP contribution in [0.25, 0.3) is 22.2 Å². The van der Waals surface area contributed by atoms with Gasteiger partial charge in [0.25, 0.3) is 0 Å². The number of amides is 1. The molecule has 3 aromatic heterocycles. The third kappa shape index (κ3) is 3.51. The van der Waals surface area contributed by atoms with E-state index >= 15 is 0 Å². The molecule has 10 heteroatoms. The second-order valence-electron chi connectivity index (χ2n) is 6.83. The summed E-state index contributed by atoms with van der Waals surface area (Å²) >= 11 is 0. The van der Waals surface area contributed by atoms with Gasteiger partial charge in [-0.05, 0) is 13.0 Å². The van der Waals surface area contributed by atoms with Gasteiger partial charge in [0.2, 0.25) is 5.91 Å². The van der Waals surface area contributed by atoms with Gasteiger partial charge in [0, 0.05) is 47.5 Å². The quantitative estimate of drug-likeness (QED) is 0.692. The lowest BCUT2D eigenvalue weighted by Crippen LogP contribution is -2.26. The summed E-state index contributed by atoms with van der Waals surface area (Å²) < 4.78 is 60.8. The van der Waals surface area contributed by atoms with Crippen molar-refractivity contribution in [1.82, 2.24) is 14.5 Å². The summed E-state index contributed by atoms with van der Waals surface area (Å²) in [6, 6.07) is 2.79. The normalized spacial score (nSPS) is 18.0. The number of carbonyl (C=O) groups excluding carboxylic acids is 1. The average Bonchev–Trinajstić information content (AvgIpc) is 3.04. The predicted octanol–water partition coefficient (Wildman–Crippen LogP) is 2.16. The molecule has 1 atom stereocenters. The van der Waals surface area contributed by atoms with Crippen molar-refractivity contribution in [3.63, 3.8) is 0 Å². The lowest BCUT2D eigenvalue weighted by Gasteiger charge is -2.25. The Balaban J connectivity index is 2.06. The van der Waals surface area contributed by atoms with E-state index in [0.717, 1.165) is 10.8 Å².